The Labute approximate surface area is 135 Å². The number of anilines is 1. The summed E-state index contributed by atoms with van der Waals surface area (Å²) < 4.78 is 11.0. The lowest BCUT2D eigenvalue weighted by molar-refractivity contribution is -0.117. The molecule has 1 amide bonds. The molecular formula is C18H20N2O3. The molecule has 5 heteroatoms. The summed E-state index contributed by atoms with van der Waals surface area (Å²) in [5.41, 5.74) is 0.732. The first kappa shape index (κ1) is 15.5. The highest BCUT2D eigenvalue weighted by molar-refractivity contribution is 5.91. The van der Waals surface area contributed by atoms with E-state index < -0.39 is 0 Å². The van der Waals surface area contributed by atoms with E-state index in [1.165, 1.54) is 0 Å². The highest BCUT2D eigenvalue weighted by atomic mass is 16.5. The molecule has 1 aliphatic heterocycles. The molecule has 0 atom stereocenters. The predicted octanol–water partition coefficient (Wildman–Crippen LogP) is 3.63. The zero-order valence-corrected chi connectivity index (χ0v) is 12.9. The topological polar surface area (TPSA) is 60.5 Å². The van der Waals surface area contributed by atoms with Crippen LogP contribution in [0.15, 0.2) is 48.7 Å². The van der Waals surface area contributed by atoms with Gasteiger partial charge in [-0.15, -0.1) is 0 Å². The summed E-state index contributed by atoms with van der Waals surface area (Å²) in [5.74, 6) is 1.62. The molecule has 1 aromatic carbocycles. The van der Waals surface area contributed by atoms with Gasteiger partial charge in [0.05, 0.1) is 0 Å². The van der Waals surface area contributed by atoms with Gasteiger partial charge in [-0.3, -0.25) is 4.79 Å². The van der Waals surface area contributed by atoms with Gasteiger partial charge in [-0.25, -0.2) is 4.98 Å². The minimum Gasteiger partial charge on any atom is -0.439 e. The third kappa shape index (κ3) is 4.79. The van der Waals surface area contributed by atoms with Crippen LogP contribution in [0.2, 0.25) is 0 Å². The Kier molecular flexibility index (Phi) is 5.21. The van der Waals surface area contributed by atoms with E-state index in [1.807, 2.05) is 30.3 Å². The van der Waals surface area contributed by atoms with Crippen LogP contribution in [0.25, 0.3) is 0 Å². The summed E-state index contributed by atoms with van der Waals surface area (Å²) in [7, 11) is 0. The monoisotopic (exact) mass is 312 g/mol. The lowest BCUT2D eigenvalue weighted by Gasteiger charge is -2.21. The molecule has 3 rings (SSSR count). The molecule has 0 unspecified atom stereocenters. The van der Waals surface area contributed by atoms with Crippen LogP contribution in [-0.2, 0) is 9.53 Å². The smallest absolute Gasteiger partial charge is 0.224 e. The molecule has 1 aliphatic rings. The predicted molar refractivity (Wildman–Crippen MR) is 87.5 cm³/mol. The molecule has 0 radical (unpaired) electrons. The summed E-state index contributed by atoms with van der Waals surface area (Å²) in [6.45, 7) is 1.51. The Morgan fingerprint density at radius 1 is 1.22 bits per heavy atom. The molecule has 2 heterocycles. The van der Waals surface area contributed by atoms with Gasteiger partial charge >= 0.3 is 0 Å². The third-order valence-electron chi connectivity index (χ3n) is 3.79. The number of carbonyl (C=O) groups is 1. The van der Waals surface area contributed by atoms with Crippen molar-refractivity contribution in [3.05, 3.63) is 48.7 Å². The Morgan fingerprint density at radius 3 is 2.87 bits per heavy atom. The van der Waals surface area contributed by atoms with Crippen LogP contribution in [0.5, 0.6) is 11.6 Å². The first-order valence-electron chi connectivity index (χ1n) is 7.86. The van der Waals surface area contributed by atoms with Gasteiger partial charge in [0.2, 0.25) is 11.8 Å². The summed E-state index contributed by atoms with van der Waals surface area (Å²) in [6, 6.07) is 12.8. The minimum absolute atomic E-state index is 0.0342. The number of rotatable bonds is 5. The fraction of sp³-hybridized carbons (Fsp3) is 0.333. The molecule has 1 aromatic heterocycles. The van der Waals surface area contributed by atoms with Crippen molar-refractivity contribution in [2.24, 2.45) is 5.92 Å². The van der Waals surface area contributed by atoms with E-state index in [0.29, 0.717) is 24.0 Å². The van der Waals surface area contributed by atoms with Gasteiger partial charge in [-0.2, -0.15) is 0 Å². The van der Waals surface area contributed by atoms with Crippen LogP contribution in [0, 0.1) is 5.92 Å². The molecule has 1 saturated heterocycles. The minimum atomic E-state index is 0.0342. The van der Waals surface area contributed by atoms with Crippen molar-refractivity contribution in [1.29, 1.82) is 0 Å². The van der Waals surface area contributed by atoms with E-state index in [9.17, 15) is 4.79 Å². The number of hydrogen-bond acceptors (Lipinski definition) is 4. The standard InChI is InChI=1S/C18H20N2O3/c21-17(12-14-7-10-22-11-8-14)20-15-4-3-5-16(13-15)23-18-6-1-2-9-19-18/h1-6,9,13-14H,7-8,10-12H2,(H,20,21). The van der Waals surface area contributed by atoms with Crippen LogP contribution >= 0.6 is 0 Å². The van der Waals surface area contributed by atoms with Crippen molar-refractivity contribution in [3.8, 4) is 11.6 Å². The lowest BCUT2D eigenvalue weighted by atomic mass is 9.96. The molecule has 0 aliphatic carbocycles. The van der Waals surface area contributed by atoms with E-state index >= 15 is 0 Å². The lowest BCUT2D eigenvalue weighted by Crippen LogP contribution is -2.22. The van der Waals surface area contributed by atoms with E-state index in [0.717, 1.165) is 31.7 Å². The van der Waals surface area contributed by atoms with E-state index in [-0.39, 0.29) is 5.91 Å². The summed E-state index contributed by atoms with van der Waals surface area (Å²) in [5, 5.41) is 2.94. The highest BCUT2D eigenvalue weighted by Gasteiger charge is 2.17. The van der Waals surface area contributed by atoms with Gasteiger partial charge in [0.25, 0.3) is 0 Å². The number of nitrogens with one attached hydrogen (secondary N) is 1. The first-order valence-corrected chi connectivity index (χ1v) is 7.86. The summed E-state index contributed by atoms with van der Waals surface area (Å²) in [4.78, 5) is 16.3. The third-order valence-corrected chi connectivity index (χ3v) is 3.79. The van der Waals surface area contributed by atoms with Crippen molar-refractivity contribution >= 4 is 11.6 Å². The number of amides is 1. The molecule has 0 bridgehead atoms. The Hall–Kier alpha value is -2.40. The number of carbonyl (C=O) groups excluding carboxylic acids is 1. The number of benzene rings is 1. The second-order valence-electron chi connectivity index (χ2n) is 5.61. The van der Waals surface area contributed by atoms with Crippen LogP contribution in [0.3, 0.4) is 0 Å². The molecule has 23 heavy (non-hydrogen) atoms. The van der Waals surface area contributed by atoms with Gasteiger partial charge in [0.1, 0.15) is 5.75 Å². The normalized spacial score (nSPS) is 15.1. The van der Waals surface area contributed by atoms with Crippen molar-refractivity contribution in [1.82, 2.24) is 4.98 Å². The first-order chi connectivity index (χ1) is 11.3. The number of hydrogen-bond donors (Lipinski definition) is 1. The fourth-order valence-electron chi connectivity index (χ4n) is 2.59. The Morgan fingerprint density at radius 2 is 2.09 bits per heavy atom. The van der Waals surface area contributed by atoms with Crippen LogP contribution < -0.4 is 10.1 Å². The Bertz CT molecular complexity index is 640. The quantitative estimate of drug-likeness (QED) is 0.916. The molecule has 1 N–H and O–H groups in total. The largest absolute Gasteiger partial charge is 0.439 e. The number of nitrogens with zero attached hydrogens (tertiary/aromatic N) is 1. The molecular weight excluding hydrogens is 292 g/mol. The molecule has 120 valence electrons. The molecule has 5 nitrogen and oxygen atoms in total. The van der Waals surface area contributed by atoms with Crippen molar-refractivity contribution in [3.63, 3.8) is 0 Å². The van der Waals surface area contributed by atoms with Crippen molar-refractivity contribution in [2.75, 3.05) is 18.5 Å². The van der Waals surface area contributed by atoms with Crippen molar-refractivity contribution < 1.29 is 14.3 Å². The highest BCUT2D eigenvalue weighted by Crippen LogP contribution is 2.23. The summed E-state index contributed by atoms with van der Waals surface area (Å²) in [6.07, 6.45) is 4.12. The van der Waals surface area contributed by atoms with Gasteiger partial charge < -0.3 is 14.8 Å². The number of pyridine rings is 1. The van der Waals surface area contributed by atoms with Crippen LogP contribution in [0.1, 0.15) is 19.3 Å². The maximum Gasteiger partial charge on any atom is 0.224 e. The molecule has 0 spiro atoms. The zero-order chi connectivity index (χ0) is 15.9. The van der Waals surface area contributed by atoms with E-state index in [2.05, 4.69) is 10.3 Å². The molecule has 2 aromatic rings. The average molecular weight is 312 g/mol. The number of aromatic nitrogens is 1. The maximum atomic E-state index is 12.1. The van der Waals surface area contributed by atoms with Gasteiger partial charge in [0, 0.05) is 43.7 Å². The van der Waals surface area contributed by atoms with Crippen LogP contribution in [0.4, 0.5) is 5.69 Å². The van der Waals surface area contributed by atoms with Gasteiger partial charge in [0.15, 0.2) is 0 Å². The second kappa shape index (κ2) is 7.74. The second-order valence-corrected chi connectivity index (χ2v) is 5.61. The van der Waals surface area contributed by atoms with E-state index in [1.54, 1.807) is 18.3 Å². The SMILES string of the molecule is O=C(CC1CCOCC1)Nc1cccc(Oc2ccccn2)c1. The molecule has 0 saturated carbocycles. The van der Waals surface area contributed by atoms with Crippen molar-refractivity contribution in [2.45, 2.75) is 19.3 Å². The molecule has 1 fully saturated rings. The maximum absolute atomic E-state index is 12.1. The average Bonchev–Trinajstić information content (AvgIpc) is 2.57. The van der Waals surface area contributed by atoms with E-state index in [4.69, 9.17) is 9.47 Å². The number of ether oxygens (including phenoxy) is 2. The van der Waals surface area contributed by atoms with Gasteiger partial charge in [-0.1, -0.05) is 12.1 Å². The van der Waals surface area contributed by atoms with Gasteiger partial charge in [-0.05, 0) is 37.0 Å². The van der Waals surface area contributed by atoms with Crippen LogP contribution in [-0.4, -0.2) is 24.1 Å². The zero-order valence-electron chi connectivity index (χ0n) is 12.9. The fourth-order valence-corrected chi connectivity index (χ4v) is 2.59. The Balaban J connectivity index is 1.57. The summed E-state index contributed by atoms with van der Waals surface area (Å²) >= 11 is 0.